The Kier molecular flexibility index (Phi) is 6.17. The van der Waals surface area contributed by atoms with Crippen molar-refractivity contribution in [2.75, 3.05) is 0 Å². The summed E-state index contributed by atoms with van der Waals surface area (Å²) in [6.07, 6.45) is -5.68. The molecule has 9 heteroatoms. The van der Waals surface area contributed by atoms with Crippen LogP contribution in [0.25, 0.3) is 0 Å². The number of carboxylic acid groups (broad SMARTS) is 1. The fourth-order valence-corrected chi connectivity index (χ4v) is 4.51. The van der Waals surface area contributed by atoms with Crippen LogP contribution in [-0.4, -0.2) is 15.6 Å². The maximum Gasteiger partial charge on any atom is 0.416 e. The van der Waals surface area contributed by atoms with Gasteiger partial charge in [-0.15, -0.1) is 0 Å². The van der Waals surface area contributed by atoms with Gasteiger partial charge in [-0.3, -0.25) is 0 Å². The lowest BCUT2D eigenvalue weighted by molar-refractivity contribution is -0.143. The summed E-state index contributed by atoms with van der Waals surface area (Å²) >= 11 is 0. The molecule has 0 spiro atoms. The van der Waals surface area contributed by atoms with Crippen LogP contribution in [0.5, 0.6) is 0 Å². The van der Waals surface area contributed by atoms with Gasteiger partial charge in [0.25, 0.3) is 0 Å². The van der Waals surface area contributed by atoms with E-state index >= 15 is 0 Å². The Labute approximate surface area is 175 Å². The van der Waals surface area contributed by atoms with Crippen LogP contribution in [0.3, 0.4) is 0 Å². The Morgan fingerprint density at radius 2 is 1.48 bits per heavy atom. The van der Waals surface area contributed by atoms with E-state index in [1.807, 2.05) is 4.57 Å². The first-order chi connectivity index (χ1) is 14.3. The number of alkyl halides is 6. The molecule has 0 radical (unpaired) electrons. The van der Waals surface area contributed by atoms with Crippen molar-refractivity contribution in [3.8, 4) is 0 Å². The van der Waals surface area contributed by atoms with Crippen LogP contribution in [0.15, 0.2) is 24.4 Å². The van der Waals surface area contributed by atoms with E-state index in [0.717, 1.165) is 12.1 Å². The zero-order valence-electron chi connectivity index (χ0n) is 17.1. The highest BCUT2D eigenvalue weighted by atomic mass is 19.4. The van der Waals surface area contributed by atoms with Crippen LogP contribution >= 0.6 is 0 Å². The van der Waals surface area contributed by atoms with Crippen molar-refractivity contribution in [1.82, 2.24) is 4.57 Å². The van der Waals surface area contributed by atoms with Crippen LogP contribution < -0.4 is 0 Å². The summed E-state index contributed by atoms with van der Waals surface area (Å²) in [5.41, 5.74) is -0.931. The molecule has 0 atom stereocenters. The smallest absolute Gasteiger partial charge is 0.416 e. The molecule has 1 saturated carbocycles. The summed E-state index contributed by atoms with van der Waals surface area (Å²) in [5, 5.41) is 9.31. The van der Waals surface area contributed by atoms with Crippen LogP contribution in [0, 0.1) is 19.8 Å². The van der Waals surface area contributed by atoms with Crippen molar-refractivity contribution < 1.29 is 36.2 Å². The molecule has 1 N–H and O–H groups in total. The Morgan fingerprint density at radius 3 is 1.90 bits per heavy atom. The Balaban J connectivity index is 1.75. The lowest BCUT2D eigenvalue weighted by Gasteiger charge is -2.30. The zero-order chi connectivity index (χ0) is 23.1. The monoisotopic (exact) mass is 447 g/mol. The fraction of sp³-hybridized carbons (Fsp3) is 0.500. The van der Waals surface area contributed by atoms with Gasteiger partial charge in [0.15, 0.2) is 0 Å². The van der Waals surface area contributed by atoms with E-state index in [9.17, 15) is 36.2 Å². The van der Waals surface area contributed by atoms with E-state index in [-0.39, 0.29) is 29.0 Å². The maximum absolute atomic E-state index is 13.1. The third-order valence-electron chi connectivity index (χ3n) is 6.13. The number of aromatic carboxylic acids is 1. The van der Waals surface area contributed by atoms with Gasteiger partial charge in [0, 0.05) is 18.4 Å². The standard InChI is InChI=1S/C22H23F6NO2/c1-12-10-29(13(2)19(12)20(30)31)11-14-3-5-15(6-4-14)16-7-17(21(23,24)25)9-18(8-16)22(26,27)28/h7-10,14-15H,3-6,11H2,1-2H3,(H,30,31). The third-order valence-corrected chi connectivity index (χ3v) is 6.13. The van der Waals surface area contributed by atoms with E-state index in [2.05, 4.69) is 0 Å². The number of carbonyl (C=O) groups is 1. The van der Waals surface area contributed by atoms with Crippen LogP contribution in [0.4, 0.5) is 26.3 Å². The van der Waals surface area contributed by atoms with E-state index in [4.69, 9.17) is 0 Å². The summed E-state index contributed by atoms with van der Waals surface area (Å²) in [4.78, 5) is 11.4. The van der Waals surface area contributed by atoms with Gasteiger partial charge in [-0.2, -0.15) is 26.3 Å². The number of rotatable bonds is 4. The molecule has 3 rings (SSSR count). The van der Waals surface area contributed by atoms with Crippen molar-refractivity contribution in [2.45, 2.75) is 64.3 Å². The van der Waals surface area contributed by atoms with Crippen molar-refractivity contribution in [3.63, 3.8) is 0 Å². The van der Waals surface area contributed by atoms with Crippen molar-refractivity contribution in [2.24, 2.45) is 5.92 Å². The topological polar surface area (TPSA) is 42.2 Å². The summed E-state index contributed by atoms with van der Waals surface area (Å²) < 4.78 is 80.6. The highest BCUT2D eigenvalue weighted by molar-refractivity contribution is 5.90. The highest BCUT2D eigenvalue weighted by Crippen LogP contribution is 2.42. The van der Waals surface area contributed by atoms with Crippen LogP contribution in [0.1, 0.15) is 69.9 Å². The molecule has 2 aromatic rings. The summed E-state index contributed by atoms with van der Waals surface area (Å²) in [6, 6.07) is 1.82. The molecule has 0 saturated heterocycles. The Bertz CT molecular complexity index is 933. The van der Waals surface area contributed by atoms with Crippen LogP contribution in [-0.2, 0) is 18.9 Å². The number of nitrogens with zero attached hydrogens (tertiary/aromatic N) is 1. The molecule has 170 valence electrons. The number of benzene rings is 1. The second kappa shape index (κ2) is 8.24. The van der Waals surface area contributed by atoms with Gasteiger partial charge in [-0.05, 0) is 80.7 Å². The highest BCUT2D eigenvalue weighted by Gasteiger charge is 2.38. The molecule has 1 heterocycles. The molecular weight excluding hydrogens is 424 g/mol. The average molecular weight is 447 g/mol. The first-order valence-electron chi connectivity index (χ1n) is 9.96. The Morgan fingerprint density at radius 1 is 0.968 bits per heavy atom. The molecule has 1 aliphatic rings. The SMILES string of the molecule is Cc1cn(CC2CCC(c3cc(C(F)(F)F)cc(C(F)(F)F)c3)CC2)c(C)c1C(=O)O. The van der Waals surface area contributed by atoms with Gasteiger partial charge in [0.2, 0.25) is 0 Å². The molecule has 0 unspecified atom stereocenters. The second-order valence-electron chi connectivity index (χ2n) is 8.29. The molecule has 0 bridgehead atoms. The summed E-state index contributed by atoms with van der Waals surface area (Å²) in [6.45, 7) is 4.02. The van der Waals surface area contributed by atoms with Crippen molar-refractivity contribution in [1.29, 1.82) is 0 Å². The van der Waals surface area contributed by atoms with E-state index < -0.39 is 29.4 Å². The minimum Gasteiger partial charge on any atom is -0.478 e. The van der Waals surface area contributed by atoms with Crippen molar-refractivity contribution in [3.05, 3.63) is 57.9 Å². The quantitative estimate of drug-likeness (QED) is 0.523. The molecule has 31 heavy (non-hydrogen) atoms. The molecule has 1 fully saturated rings. The van der Waals surface area contributed by atoms with Gasteiger partial charge < -0.3 is 9.67 Å². The van der Waals surface area contributed by atoms with Crippen LogP contribution in [0.2, 0.25) is 0 Å². The molecule has 1 aromatic heterocycles. The predicted molar refractivity (Wildman–Crippen MR) is 102 cm³/mol. The van der Waals surface area contributed by atoms with Gasteiger partial charge in [0.1, 0.15) is 0 Å². The van der Waals surface area contributed by atoms with E-state index in [1.165, 1.54) is 0 Å². The zero-order valence-corrected chi connectivity index (χ0v) is 17.1. The normalized spacial score (nSPS) is 20.1. The maximum atomic E-state index is 13.1. The number of halogens is 6. The largest absolute Gasteiger partial charge is 0.478 e. The minimum absolute atomic E-state index is 0.0711. The molecule has 0 amide bonds. The molecular formula is C22H23F6NO2. The summed E-state index contributed by atoms with van der Waals surface area (Å²) in [7, 11) is 0. The first-order valence-corrected chi connectivity index (χ1v) is 9.96. The Hall–Kier alpha value is -2.45. The average Bonchev–Trinajstić information content (AvgIpc) is 2.94. The number of aromatic nitrogens is 1. The molecule has 1 aliphatic carbocycles. The molecule has 0 aliphatic heterocycles. The first kappa shape index (κ1) is 23.2. The van der Waals surface area contributed by atoms with Gasteiger partial charge in [-0.1, -0.05) is 0 Å². The van der Waals surface area contributed by atoms with E-state index in [1.54, 1.807) is 20.0 Å². The van der Waals surface area contributed by atoms with Gasteiger partial charge in [-0.25, -0.2) is 4.79 Å². The minimum atomic E-state index is -4.85. The lowest BCUT2D eigenvalue weighted by Crippen LogP contribution is -2.20. The second-order valence-corrected chi connectivity index (χ2v) is 8.29. The number of carboxylic acids is 1. The fourth-order valence-electron chi connectivity index (χ4n) is 4.51. The number of aryl methyl sites for hydroxylation is 1. The van der Waals surface area contributed by atoms with Gasteiger partial charge in [0.05, 0.1) is 16.7 Å². The van der Waals surface area contributed by atoms with E-state index in [0.29, 0.717) is 43.5 Å². The third kappa shape index (κ3) is 5.07. The number of hydrogen-bond donors (Lipinski definition) is 1. The molecule has 1 aromatic carbocycles. The van der Waals surface area contributed by atoms with Crippen molar-refractivity contribution >= 4 is 5.97 Å². The predicted octanol–water partition coefficient (Wildman–Crippen LogP) is 6.81. The molecule has 3 nitrogen and oxygen atoms in total. The number of hydrogen-bond acceptors (Lipinski definition) is 1. The van der Waals surface area contributed by atoms with Gasteiger partial charge >= 0.3 is 18.3 Å². The summed E-state index contributed by atoms with van der Waals surface area (Å²) in [5.74, 6) is -1.19. The lowest BCUT2D eigenvalue weighted by atomic mass is 9.78.